The summed E-state index contributed by atoms with van der Waals surface area (Å²) in [6, 6.07) is 6.69. The summed E-state index contributed by atoms with van der Waals surface area (Å²) in [6.45, 7) is 3.50. The minimum atomic E-state index is -0.201. The summed E-state index contributed by atoms with van der Waals surface area (Å²) in [4.78, 5) is 26.9. The first-order valence-electron chi connectivity index (χ1n) is 9.24. The Morgan fingerprint density at radius 3 is 2.54 bits per heavy atom. The third-order valence-corrected chi connectivity index (χ3v) is 4.82. The van der Waals surface area contributed by atoms with Crippen molar-refractivity contribution in [2.45, 2.75) is 19.8 Å². The summed E-state index contributed by atoms with van der Waals surface area (Å²) in [5, 5.41) is 6.76. The van der Waals surface area contributed by atoms with Crippen LogP contribution in [0, 0.1) is 12.8 Å². The molecule has 1 aliphatic heterocycles. The third kappa shape index (κ3) is 4.62. The van der Waals surface area contributed by atoms with Crippen LogP contribution in [0.15, 0.2) is 28.8 Å². The van der Waals surface area contributed by atoms with E-state index in [1.54, 1.807) is 50.3 Å². The van der Waals surface area contributed by atoms with Gasteiger partial charge >= 0.3 is 0 Å². The second kappa shape index (κ2) is 8.77. The number of likely N-dealkylation sites (tertiary alicyclic amines) is 1. The summed E-state index contributed by atoms with van der Waals surface area (Å²) >= 11 is 0. The molecule has 8 heteroatoms. The van der Waals surface area contributed by atoms with Crippen molar-refractivity contribution in [3.8, 4) is 11.5 Å². The second-order valence-electron chi connectivity index (χ2n) is 6.89. The van der Waals surface area contributed by atoms with E-state index < -0.39 is 0 Å². The molecule has 1 aromatic heterocycles. The lowest BCUT2D eigenvalue weighted by Crippen LogP contribution is -2.43. The van der Waals surface area contributed by atoms with Gasteiger partial charge in [0.05, 0.1) is 14.2 Å². The van der Waals surface area contributed by atoms with Crippen LogP contribution in [0.3, 0.4) is 0 Å². The molecule has 1 saturated heterocycles. The molecule has 0 bridgehead atoms. The lowest BCUT2D eigenvalue weighted by atomic mass is 9.97. The van der Waals surface area contributed by atoms with Gasteiger partial charge in [0.1, 0.15) is 17.3 Å². The molecule has 28 heavy (non-hydrogen) atoms. The van der Waals surface area contributed by atoms with Crippen molar-refractivity contribution in [1.29, 1.82) is 0 Å². The Morgan fingerprint density at radius 2 is 1.93 bits per heavy atom. The van der Waals surface area contributed by atoms with Crippen molar-refractivity contribution >= 4 is 11.8 Å². The highest BCUT2D eigenvalue weighted by Gasteiger charge is 2.26. The van der Waals surface area contributed by atoms with Gasteiger partial charge in [-0.3, -0.25) is 9.59 Å². The molecule has 1 aliphatic rings. The van der Waals surface area contributed by atoms with Crippen LogP contribution in [0.4, 0.5) is 0 Å². The van der Waals surface area contributed by atoms with E-state index in [9.17, 15) is 9.59 Å². The Labute approximate surface area is 163 Å². The predicted molar refractivity (Wildman–Crippen MR) is 102 cm³/mol. The van der Waals surface area contributed by atoms with Crippen molar-refractivity contribution in [1.82, 2.24) is 15.4 Å². The third-order valence-electron chi connectivity index (χ3n) is 4.82. The van der Waals surface area contributed by atoms with Crippen molar-refractivity contribution in [2.75, 3.05) is 33.9 Å². The maximum Gasteiger partial charge on any atom is 0.276 e. The van der Waals surface area contributed by atoms with Gasteiger partial charge in [0.15, 0.2) is 5.69 Å². The molecule has 2 heterocycles. The smallest absolute Gasteiger partial charge is 0.276 e. The van der Waals surface area contributed by atoms with E-state index in [0.29, 0.717) is 48.2 Å². The highest BCUT2D eigenvalue weighted by Crippen LogP contribution is 2.23. The van der Waals surface area contributed by atoms with Gasteiger partial charge < -0.3 is 24.2 Å². The number of methoxy groups -OCH3 is 2. The molecule has 8 nitrogen and oxygen atoms in total. The fraction of sp³-hybridized carbons (Fsp3) is 0.450. The van der Waals surface area contributed by atoms with E-state index in [1.807, 2.05) is 0 Å². The number of rotatable bonds is 6. The maximum atomic E-state index is 12.5. The van der Waals surface area contributed by atoms with Crippen LogP contribution in [0.1, 0.15) is 39.4 Å². The van der Waals surface area contributed by atoms with Gasteiger partial charge in [-0.15, -0.1) is 0 Å². The van der Waals surface area contributed by atoms with Gasteiger partial charge in [0.25, 0.3) is 11.8 Å². The molecule has 0 aliphatic carbocycles. The van der Waals surface area contributed by atoms with Gasteiger partial charge in [-0.2, -0.15) is 0 Å². The first kappa shape index (κ1) is 19.7. The van der Waals surface area contributed by atoms with Crippen molar-refractivity contribution in [3.05, 3.63) is 41.3 Å². The van der Waals surface area contributed by atoms with Crippen molar-refractivity contribution in [3.63, 3.8) is 0 Å². The van der Waals surface area contributed by atoms with Crippen LogP contribution in [0.5, 0.6) is 11.5 Å². The first-order valence-corrected chi connectivity index (χ1v) is 9.24. The van der Waals surface area contributed by atoms with E-state index in [-0.39, 0.29) is 17.7 Å². The Bertz CT molecular complexity index is 826. The highest BCUT2D eigenvalue weighted by atomic mass is 16.5. The van der Waals surface area contributed by atoms with Crippen molar-refractivity contribution in [2.24, 2.45) is 5.92 Å². The minimum absolute atomic E-state index is 0.134. The number of piperidine rings is 1. The van der Waals surface area contributed by atoms with Crippen LogP contribution in [-0.2, 0) is 0 Å². The summed E-state index contributed by atoms with van der Waals surface area (Å²) in [6.07, 6.45) is 1.83. The SMILES string of the molecule is COc1cc(OC)cc(C(=O)NC[C@@H]2CCCN(C(=O)c3cc(C)on3)C2)c1. The topological polar surface area (TPSA) is 93.9 Å². The molecule has 1 atom stereocenters. The number of carbonyl (C=O) groups is 2. The molecular weight excluding hydrogens is 362 g/mol. The van der Waals surface area contributed by atoms with E-state index in [2.05, 4.69) is 10.5 Å². The summed E-state index contributed by atoms with van der Waals surface area (Å²) in [7, 11) is 3.08. The molecule has 0 unspecified atom stereocenters. The quantitative estimate of drug-likeness (QED) is 0.817. The number of hydrogen-bond acceptors (Lipinski definition) is 6. The predicted octanol–water partition coefficient (Wildman–Crippen LogP) is 2.28. The van der Waals surface area contributed by atoms with Gasteiger partial charge in [-0.25, -0.2) is 0 Å². The second-order valence-corrected chi connectivity index (χ2v) is 6.89. The van der Waals surface area contributed by atoms with E-state index in [4.69, 9.17) is 14.0 Å². The molecule has 1 fully saturated rings. The molecule has 3 rings (SSSR count). The maximum absolute atomic E-state index is 12.5. The van der Waals surface area contributed by atoms with E-state index in [1.165, 1.54) is 0 Å². The number of benzene rings is 1. The summed E-state index contributed by atoms with van der Waals surface area (Å²) in [5.41, 5.74) is 0.795. The molecular formula is C20H25N3O5. The average molecular weight is 387 g/mol. The normalized spacial score (nSPS) is 16.5. The fourth-order valence-corrected chi connectivity index (χ4v) is 3.32. The largest absolute Gasteiger partial charge is 0.497 e. The van der Waals surface area contributed by atoms with Crippen LogP contribution in [-0.4, -0.2) is 55.7 Å². The van der Waals surface area contributed by atoms with Crippen LogP contribution in [0.2, 0.25) is 0 Å². The summed E-state index contributed by atoms with van der Waals surface area (Å²) in [5.74, 6) is 1.57. The molecule has 0 saturated carbocycles. The number of aromatic nitrogens is 1. The molecule has 0 radical (unpaired) electrons. The van der Waals surface area contributed by atoms with Gasteiger partial charge in [0.2, 0.25) is 0 Å². The lowest BCUT2D eigenvalue weighted by molar-refractivity contribution is 0.0660. The molecule has 1 N–H and O–H groups in total. The average Bonchev–Trinajstić information content (AvgIpc) is 3.17. The zero-order valence-electron chi connectivity index (χ0n) is 16.4. The zero-order valence-corrected chi connectivity index (χ0v) is 16.4. The number of ether oxygens (including phenoxy) is 2. The van der Waals surface area contributed by atoms with E-state index in [0.717, 1.165) is 12.8 Å². The molecule has 0 spiro atoms. The molecule has 2 amide bonds. The monoisotopic (exact) mass is 387 g/mol. The fourth-order valence-electron chi connectivity index (χ4n) is 3.32. The molecule has 2 aromatic rings. The van der Waals surface area contributed by atoms with Crippen LogP contribution < -0.4 is 14.8 Å². The molecule has 1 aromatic carbocycles. The highest BCUT2D eigenvalue weighted by molar-refractivity contribution is 5.95. The minimum Gasteiger partial charge on any atom is -0.497 e. The Hall–Kier alpha value is -3.03. The first-order chi connectivity index (χ1) is 13.5. The van der Waals surface area contributed by atoms with E-state index >= 15 is 0 Å². The van der Waals surface area contributed by atoms with Crippen LogP contribution in [0.25, 0.3) is 0 Å². The molecule has 150 valence electrons. The summed E-state index contributed by atoms with van der Waals surface area (Å²) < 4.78 is 15.4. The number of hydrogen-bond donors (Lipinski definition) is 1. The Balaban J connectivity index is 1.58. The zero-order chi connectivity index (χ0) is 20.1. The van der Waals surface area contributed by atoms with Gasteiger partial charge in [0, 0.05) is 37.3 Å². The number of nitrogens with zero attached hydrogens (tertiary/aromatic N) is 2. The van der Waals surface area contributed by atoms with Crippen molar-refractivity contribution < 1.29 is 23.6 Å². The Morgan fingerprint density at radius 1 is 1.21 bits per heavy atom. The number of amides is 2. The lowest BCUT2D eigenvalue weighted by Gasteiger charge is -2.32. The number of aryl methyl sites for hydroxylation is 1. The Kier molecular flexibility index (Phi) is 6.18. The number of carbonyl (C=O) groups excluding carboxylic acids is 2. The standard InChI is InChI=1S/C20H25N3O5/c1-13-7-18(22-28-13)20(25)23-6-4-5-14(12-23)11-21-19(24)15-8-16(26-2)10-17(9-15)27-3/h7-10,14H,4-6,11-12H2,1-3H3,(H,21,24)/t14-/m0/s1. The van der Waals surface area contributed by atoms with Gasteiger partial charge in [-0.1, -0.05) is 5.16 Å². The van der Waals surface area contributed by atoms with Gasteiger partial charge in [-0.05, 0) is 37.8 Å². The van der Waals surface area contributed by atoms with Crippen LogP contribution >= 0.6 is 0 Å². The number of nitrogens with one attached hydrogen (secondary N) is 1.